The zero-order valence-electron chi connectivity index (χ0n) is 12.4. The summed E-state index contributed by atoms with van der Waals surface area (Å²) >= 11 is 0. The Hall–Kier alpha value is -1.85. The van der Waals surface area contributed by atoms with Crippen LogP contribution in [0.5, 0.6) is 5.75 Å². The first kappa shape index (κ1) is 14.1. The highest BCUT2D eigenvalue weighted by Gasteiger charge is 2.24. The molecule has 1 unspecified atom stereocenters. The Balaban J connectivity index is 1.95. The Labute approximate surface area is 123 Å². The predicted molar refractivity (Wildman–Crippen MR) is 78.7 cm³/mol. The van der Waals surface area contributed by atoms with E-state index in [1.807, 2.05) is 19.1 Å². The molecule has 1 aliphatic heterocycles. The molecule has 1 aromatic carbocycles. The highest BCUT2D eigenvalue weighted by Crippen LogP contribution is 2.29. The number of nitrogens with one attached hydrogen (secondary N) is 1. The van der Waals surface area contributed by atoms with Crippen LogP contribution in [0, 0.1) is 6.92 Å². The van der Waals surface area contributed by atoms with Crippen LogP contribution in [-0.4, -0.2) is 27.0 Å². The minimum absolute atomic E-state index is 0.306. The van der Waals surface area contributed by atoms with Crippen LogP contribution in [0.25, 0.3) is 11.0 Å². The standard InChI is InChI=1S/C16H19NO4/c1-11-8-15(18)21-16-12(11)4-5-14-13(16)9-17(10-20-14)6-3-7-19-2/h4-5,8H,3,6-7,9-10H2,1-2H3/p+1. The van der Waals surface area contributed by atoms with Gasteiger partial charge in [-0.1, -0.05) is 0 Å². The first-order valence-electron chi connectivity index (χ1n) is 7.20. The van der Waals surface area contributed by atoms with Gasteiger partial charge in [-0.05, 0) is 24.6 Å². The van der Waals surface area contributed by atoms with Gasteiger partial charge in [0.2, 0.25) is 6.73 Å². The Morgan fingerprint density at radius 2 is 2.24 bits per heavy atom. The molecule has 0 aliphatic carbocycles. The first-order valence-corrected chi connectivity index (χ1v) is 7.20. The average molecular weight is 290 g/mol. The molecule has 5 nitrogen and oxygen atoms in total. The number of rotatable bonds is 4. The average Bonchev–Trinajstić information content (AvgIpc) is 2.47. The minimum Gasteiger partial charge on any atom is -0.445 e. The molecule has 1 N–H and O–H groups in total. The van der Waals surface area contributed by atoms with Gasteiger partial charge in [0.05, 0.1) is 18.7 Å². The predicted octanol–water partition coefficient (Wildman–Crippen LogP) is 0.873. The maximum absolute atomic E-state index is 11.7. The second kappa shape index (κ2) is 5.87. The molecule has 0 radical (unpaired) electrons. The van der Waals surface area contributed by atoms with Gasteiger partial charge in [-0.25, -0.2) is 4.79 Å². The Morgan fingerprint density at radius 1 is 1.38 bits per heavy atom. The summed E-state index contributed by atoms with van der Waals surface area (Å²) in [6.45, 7) is 5.10. The Kier molecular flexibility index (Phi) is 3.94. The third-order valence-electron chi connectivity index (χ3n) is 3.92. The molecule has 112 valence electrons. The van der Waals surface area contributed by atoms with Crippen LogP contribution in [0.3, 0.4) is 0 Å². The van der Waals surface area contributed by atoms with E-state index in [9.17, 15) is 4.79 Å². The van der Waals surface area contributed by atoms with E-state index in [4.69, 9.17) is 13.9 Å². The number of methoxy groups -OCH3 is 1. The molecule has 1 aromatic heterocycles. The second-order valence-electron chi connectivity index (χ2n) is 5.48. The van der Waals surface area contributed by atoms with Crippen LogP contribution in [-0.2, 0) is 11.3 Å². The van der Waals surface area contributed by atoms with Gasteiger partial charge in [-0.3, -0.25) is 4.90 Å². The summed E-state index contributed by atoms with van der Waals surface area (Å²) in [7, 11) is 1.71. The lowest BCUT2D eigenvalue weighted by molar-refractivity contribution is -0.932. The van der Waals surface area contributed by atoms with Crippen molar-refractivity contribution < 1.29 is 18.8 Å². The van der Waals surface area contributed by atoms with Gasteiger partial charge >= 0.3 is 5.63 Å². The largest absolute Gasteiger partial charge is 0.445 e. The lowest BCUT2D eigenvalue weighted by Gasteiger charge is -2.26. The monoisotopic (exact) mass is 290 g/mol. The maximum Gasteiger partial charge on any atom is 0.336 e. The number of fused-ring (bicyclic) bond motifs is 3. The molecule has 1 aliphatic rings. The number of quaternary nitrogens is 1. The molecule has 0 bridgehead atoms. The van der Waals surface area contributed by atoms with Gasteiger partial charge in [0.25, 0.3) is 0 Å². The Morgan fingerprint density at radius 3 is 3.05 bits per heavy atom. The fourth-order valence-corrected chi connectivity index (χ4v) is 2.83. The van der Waals surface area contributed by atoms with Crippen molar-refractivity contribution in [2.75, 3.05) is 27.0 Å². The van der Waals surface area contributed by atoms with Gasteiger partial charge in [0, 0.05) is 25.0 Å². The maximum atomic E-state index is 11.7. The van der Waals surface area contributed by atoms with Gasteiger partial charge in [0.1, 0.15) is 12.3 Å². The minimum atomic E-state index is -0.306. The van der Waals surface area contributed by atoms with E-state index in [2.05, 4.69) is 0 Å². The number of hydrogen-bond donors (Lipinski definition) is 1. The molecular weight excluding hydrogens is 270 g/mol. The number of hydrogen-bond acceptors (Lipinski definition) is 4. The molecule has 0 spiro atoms. The molecule has 0 fully saturated rings. The topological polar surface area (TPSA) is 53.1 Å². The second-order valence-corrected chi connectivity index (χ2v) is 5.48. The van der Waals surface area contributed by atoms with E-state index in [-0.39, 0.29) is 5.63 Å². The van der Waals surface area contributed by atoms with Crippen molar-refractivity contribution in [2.45, 2.75) is 19.9 Å². The summed E-state index contributed by atoms with van der Waals surface area (Å²) in [5.74, 6) is 0.826. The van der Waals surface area contributed by atoms with Crippen LogP contribution < -0.4 is 15.3 Å². The Bertz CT molecular complexity index is 707. The molecule has 3 rings (SSSR count). The highest BCUT2D eigenvalue weighted by molar-refractivity contribution is 5.84. The van der Waals surface area contributed by atoms with Crippen LogP contribution in [0.15, 0.2) is 27.4 Å². The normalized spacial score (nSPS) is 17.5. The fraction of sp³-hybridized carbons (Fsp3) is 0.438. The van der Waals surface area contributed by atoms with Crippen LogP contribution in [0.2, 0.25) is 0 Å². The molecule has 2 heterocycles. The third-order valence-corrected chi connectivity index (χ3v) is 3.92. The molecular formula is C16H20NO4+. The summed E-state index contributed by atoms with van der Waals surface area (Å²) in [5, 5.41) is 0.982. The van der Waals surface area contributed by atoms with Gasteiger partial charge < -0.3 is 13.9 Å². The van der Waals surface area contributed by atoms with Crippen LogP contribution >= 0.6 is 0 Å². The van der Waals surface area contributed by atoms with Crippen molar-refractivity contribution in [1.82, 2.24) is 0 Å². The highest BCUT2D eigenvalue weighted by atomic mass is 16.5. The number of benzene rings is 1. The molecule has 21 heavy (non-hydrogen) atoms. The molecule has 1 atom stereocenters. The molecule has 5 heteroatoms. The summed E-state index contributed by atoms with van der Waals surface area (Å²) in [6, 6.07) is 5.46. The van der Waals surface area contributed by atoms with E-state index >= 15 is 0 Å². The van der Waals surface area contributed by atoms with E-state index < -0.39 is 0 Å². The van der Waals surface area contributed by atoms with Crippen LogP contribution in [0.1, 0.15) is 17.5 Å². The lowest BCUT2D eigenvalue weighted by Crippen LogP contribution is -3.12. The van der Waals surface area contributed by atoms with E-state index in [1.54, 1.807) is 7.11 Å². The molecule has 0 saturated heterocycles. The molecule has 0 saturated carbocycles. The quantitative estimate of drug-likeness (QED) is 0.671. The van der Waals surface area contributed by atoms with E-state index in [1.165, 1.54) is 11.0 Å². The smallest absolute Gasteiger partial charge is 0.336 e. The van der Waals surface area contributed by atoms with E-state index in [0.717, 1.165) is 48.4 Å². The summed E-state index contributed by atoms with van der Waals surface area (Å²) in [6.07, 6.45) is 0.984. The zero-order valence-corrected chi connectivity index (χ0v) is 12.4. The number of ether oxygens (including phenoxy) is 2. The van der Waals surface area contributed by atoms with Crippen molar-refractivity contribution in [3.63, 3.8) is 0 Å². The molecule has 0 amide bonds. The van der Waals surface area contributed by atoms with Gasteiger partial charge in [0.15, 0.2) is 5.58 Å². The molecule has 2 aromatic rings. The SMILES string of the molecule is COCCC[NH+]1COc2ccc3c(C)cc(=O)oc3c2C1. The van der Waals surface area contributed by atoms with Crippen molar-refractivity contribution in [2.24, 2.45) is 0 Å². The lowest BCUT2D eigenvalue weighted by atomic mass is 10.0. The first-order chi connectivity index (χ1) is 10.2. The van der Waals surface area contributed by atoms with Crippen molar-refractivity contribution in [1.29, 1.82) is 0 Å². The zero-order chi connectivity index (χ0) is 14.8. The third kappa shape index (κ3) is 2.80. The van der Waals surface area contributed by atoms with Crippen molar-refractivity contribution in [3.8, 4) is 5.75 Å². The number of aryl methyl sites for hydroxylation is 1. The van der Waals surface area contributed by atoms with Gasteiger partial charge in [-0.2, -0.15) is 0 Å². The summed E-state index contributed by atoms with van der Waals surface area (Å²) in [4.78, 5) is 13.0. The van der Waals surface area contributed by atoms with Crippen LogP contribution in [0.4, 0.5) is 0 Å². The van der Waals surface area contributed by atoms with Gasteiger partial charge in [-0.15, -0.1) is 0 Å². The van der Waals surface area contributed by atoms with E-state index in [0.29, 0.717) is 12.3 Å². The van der Waals surface area contributed by atoms with Crippen molar-refractivity contribution in [3.05, 3.63) is 39.7 Å². The fourth-order valence-electron chi connectivity index (χ4n) is 2.83. The van der Waals surface area contributed by atoms with Crippen molar-refractivity contribution >= 4 is 11.0 Å². The summed E-state index contributed by atoms with van der Waals surface area (Å²) in [5.41, 5.74) is 2.30. The summed E-state index contributed by atoms with van der Waals surface area (Å²) < 4.78 is 16.3.